The number of fused-ring (bicyclic) bond motifs is 9. The summed E-state index contributed by atoms with van der Waals surface area (Å²) < 4.78 is 47.1. The zero-order valence-corrected chi connectivity index (χ0v) is 28.5. The van der Waals surface area contributed by atoms with Gasteiger partial charge in [0.25, 0.3) is 0 Å². The topological polar surface area (TPSA) is 21.3 Å². The molecule has 0 spiro atoms. The number of anilines is 3. The fourth-order valence-electron chi connectivity index (χ4n) is 8.11. The van der Waals surface area contributed by atoms with Crippen LogP contribution >= 0.6 is 0 Å². The minimum absolute atomic E-state index is 0.0293. The second kappa shape index (κ2) is 11.7. The van der Waals surface area contributed by atoms with Crippen molar-refractivity contribution in [3.63, 3.8) is 0 Å². The minimum Gasteiger partial charge on any atom is -0.455 e. The average molecular weight is 681 g/mol. The van der Waals surface area contributed by atoms with Gasteiger partial charge in [0.1, 0.15) is 11.2 Å². The molecule has 0 aliphatic carbocycles. The van der Waals surface area contributed by atoms with Gasteiger partial charge in [-0.3, -0.25) is 0 Å². The van der Waals surface area contributed by atoms with Crippen LogP contribution in [0.1, 0.15) is 5.48 Å². The van der Waals surface area contributed by atoms with Gasteiger partial charge in [0.05, 0.1) is 27.6 Å². The Bertz CT molecular complexity index is 3380. The van der Waals surface area contributed by atoms with Crippen molar-refractivity contribution in [3.05, 3.63) is 194 Å². The van der Waals surface area contributed by atoms with E-state index in [9.17, 15) is 5.48 Å². The van der Waals surface area contributed by atoms with E-state index in [2.05, 4.69) is 66.7 Å². The molecule has 0 aliphatic heterocycles. The Kier molecular flexibility index (Phi) is 5.71. The van der Waals surface area contributed by atoms with Gasteiger partial charge in [-0.15, -0.1) is 0 Å². The summed E-state index contributed by atoms with van der Waals surface area (Å²) in [4.78, 5) is 1.93. The largest absolute Gasteiger partial charge is 0.455 e. The number of hydrogen-bond donors (Lipinski definition) is 0. The Morgan fingerprint density at radius 2 is 1.17 bits per heavy atom. The maximum Gasteiger partial charge on any atom is 0.143 e. The molecule has 0 saturated carbocycles. The van der Waals surface area contributed by atoms with Crippen molar-refractivity contribution in [2.45, 2.75) is 0 Å². The van der Waals surface area contributed by atoms with Crippen molar-refractivity contribution in [1.82, 2.24) is 4.57 Å². The first-order valence-corrected chi connectivity index (χ1v) is 17.8. The molecule has 9 aromatic carbocycles. The van der Waals surface area contributed by atoms with Crippen LogP contribution < -0.4 is 4.90 Å². The fraction of sp³-hybridized carbons (Fsp3) is 0. The number of benzene rings is 9. The van der Waals surface area contributed by atoms with Crippen LogP contribution in [0.5, 0.6) is 0 Å². The van der Waals surface area contributed by atoms with E-state index in [0.717, 1.165) is 70.8 Å². The summed E-state index contributed by atoms with van der Waals surface area (Å²) in [6.07, 6.45) is 0. The molecule has 3 heteroatoms. The quantitative estimate of drug-likeness (QED) is 0.180. The first kappa shape index (κ1) is 25.8. The number of aromatic nitrogens is 1. The van der Waals surface area contributed by atoms with E-state index in [1.807, 2.05) is 113 Å². The highest BCUT2D eigenvalue weighted by molar-refractivity contribution is 6.19. The minimum atomic E-state index is -0.261. The summed E-state index contributed by atoms with van der Waals surface area (Å²) in [5.41, 5.74) is 6.93. The van der Waals surface area contributed by atoms with E-state index in [0.29, 0.717) is 17.0 Å². The van der Waals surface area contributed by atoms with Gasteiger partial charge in [-0.2, -0.15) is 0 Å². The fourth-order valence-corrected chi connectivity index (χ4v) is 8.11. The molecular formula is C50H32N2O. The summed E-state index contributed by atoms with van der Waals surface area (Å²) in [5.74, 6) is 0. The molecule has 0 fully saturated rings. The Labute approximate surface area is 311 Å². The molecular weight excluding hydrogens is 645 g/mol. The van der Waals surface area contributed by atoms with Gasteiger partial charge >= 0.3 is 0 Å². The lowest BCUT2D eigenvalue weighted by atomic mass is 9.97. The van der Waals surface area contributed by atoms with Gasteiger partial charge in [-0.05, 0) is 87.9 Å². The third-order valence-electron chi connectivity index (χ3n) is 10.4. The maximum absolute atomic E-state index is 10.1. The predicted molar refractivity (Wildman–Crippen MR) is 223 cm³/mol. The van der Waals surface area contributed by atoms with Crippen molar-refractivity contribution >= 4 is 82.4 Å². The van der Waals surface area contributed by atoms with Crippen molar-refractivity contribution < 1.29 is 9.90 Å². The van der Waals surface area contributed by atoms with Crippen molar-refractivity contribution in [2.24, 2.45) is 0 Å². The highest BCUT2D eigenvalue weighted by atomic mass is 16.3. The Morgan fingerprint density at radius 3 is 1.98 bits per heavy atom. The van der Waals surface area contributed by atoms with E-state index < -0.39 is 0 Å². The Hall–Kier alpha value is -7.10. The van der Waals surface area contributed by atoms with Crippen molar-refractivity contribution in [1.29, 1.82) is 0 Å². The van der Waals surface area contributed by atoms with Crippen LogP contribution in [-0.2, 0) is 0 Å². The molecule has 0 amide bonds. The lowest BCUT2D eigenvalue weighted by Crippen LogP contribution is -2.11. The SMILES string of the molecule is [2H]c1c([2H])c(N(c2cccc(-c3cccc4ccccc34)c2)c2cccc3oc4c5ccccc5ccc4c23)c([2H])c(-n2c3ccccc3c3ccccc32)c1[2H]. The van der Waals surface area contributed by atoms with Crippen molar-refractivity contribution in [2.75, 3.05) is 4.90 Å². The molecule has 0 saturated heterocycles. The number of nitrogens with zero attached hydrogens (tertiary/aromatic N) is 2. The molecule has 0 bridgehead atoms. The summed E-state index contributed by atoms with van der Waals surface area (Å²) in [6, 6.07) is 56.2. The van der Waals surface area contributed by atoms with Crippen LogP contribution in [0.3, 0.4) is 0 Å². The Morgan fingerprint density at radius 1 is 0.509 bits per heavy atom. The van der Waals surface area contributed by atoms with Crippen LogP contribution in [0.2, 0.25) is 0 Å². The summed E-state index contributed by atoms with van der Waals surface area (Å²) in [6.45, 7) is 0. The number of para-hydroxylation sites is 2. The highest BCUT2D eigenvalue weighted by Gasteiger charge is 2.22. The molecule has 11 rings (SSSR count). The monoisotopic (exact) mass is 680 g/mol. The van der Waals surface area contributed by atoms with E-state index in [1.54, 1.807) is 0 Å². The second-order valence-electron chi connectivity index (χ2n) is 13.4. The molecule has 248 valence electrons. The molecule has 11 aromatic rings. The molecule has 0 unspecified atom stereocenters. The molecule has 3 nitrogen and oxygen atoms in total. The first-order valence-electron chi connectivity index (χ1n) is 19.8. The smallest absolute Gasteiger partial charge is 0.143 e. The van der Waals surface area contributed by atoms with Gasteiger partial charge in [0, 0.05) is 38.6 Å². The average Bonchev–Trinajstić information content (AvgIpc) is 3.81. The standard InChI is InChI=1S/C50H32N2O/c1-3-20-39-33(13-1)15-10-24-40(39)35-16-9-17-36(31-35)51(47-27-12-28-48-49(47)44-30-29-34-14-2-4-21-41(34)50(44)53-48)37-18-11-19-38(32-37)52-45-25-7-5-22-42(45)43-23-6-8-26-46(43)52/h1-32H/i11D,18D,19D,32D. The first-order chi connectivity index (χ1) is 28.0. The van der Waals surface area contributed by atoms with Crippen LogP contribution in [0.4, 0.5) is 17.1 Å². The molecule has 2 heterocycles. The summed E-state index contributed by atoms with van der Waals surface area (Å²) in [7, 11) is 0. The molecule has 0 atom stereocenters. The highest BCUT2D eigenvalue weighted by Crippen LogP contribution is 2.46. The zero-order chi connectivity index (χ0) is 38.4. The predicted octanol–water partition coefficient (Wildman–Crippen LogP) is 14.1. The zero-order valence-electron chi connectivity index (χ0n) is 32.5. The van der Waals surface area contributed by atoms with Crippen molar-refractivity contribution in [3.8, 4) is 16.8 Å². The Balaban J connectivity index is 1.25. The van der Waals surface area contributed by atoms with Gasteiger partial charge < -0.3 is 13.9 Å². The van der Waals surface area contributed by atoms with Crippen LogP contribution in [-0.4, -0.2) is 4.57 Å². The van der Waals surface area contributed by atoms with Gasteiger partial charge in [0.15, 0.2) is 0 Å². The number of rotatable bonds is 5. The maximum atomic E-state index is 10.1. The second-order valence-corrected chi connectivity index (χ2v) is 13.4. The van der Waals surface area contributed by atoms with Crippen LogP contribution in [0.25, 0.3) is 82.1 Å². The van der Waals surface area contributed by atoms with Gasteiger partial charge in [-0.25, -0.2) is 0 Å². The number of furan rings is 1. The van der Waals surface area contributed by atoms with Crippen LogP contribution in [0, 0.1) is 0 Å². The molecule has 2 aromatic heterocycles. The van der Waals surface area contributed by atoms with Gasteiger partial charge in [0.2, 0.25) is 0 Å². The van der Waals surface area contributed by atoms with E-state index in [1.165, 1.54) is 0 Å². The molecule has 53 heavy (non-hydrogen) atoms. The van der Waals surface area contributed by atoms with E-state index in [4.69, 9.17) is 4.42 Å². The number of hydrogen-bond acceptors (Lipinski definition) is 2. The molecule has 0 aliphatic rings. The third kappa shape index (κ3) is 4.61. The third-order valence-corrected chi connectivity index (χ3v) is 10.4. The summed E-state index contributed by atoms with van der Waals surface area (Å²) >= 11 is 0. The van der Waals surface area contributed by atoms with Gasteiger partial charge in [-0.1, -0.05) is 133 Å². The lowest BCUT2D eigenvalue weighted by molar-refractivity contribution is 0.672. The lowest BCUT2D eigenvalue weighted by Gasteiger charge is -2.27. The normalized spacial score (nSPS) is 12.8. The molecule has 0 radical (unpaired) electrons. The van der Waals surface area contributed by atoms with E-state index >= 15 is 0 Å². The molecule has 0 N–H and O–H groups in total. The summed E-state index contributed by atoms with van der Waals surface area (Å²) in [5, 5.41) is 7.99. The van der Waals surface area contributed by atoms with E-state index in [-0.39, 0.29) is 35.5 Å². The van der Waals surface area contributed by atoms with Crippen LogP contribution in [0.15, 0.2) is 198 Å².